The molecule has 0 spiro atoms. The van der Waals surface area contributed by atoms with E-state index in [2.05, 4.69) is 50.1 Å². The molecule has 1 saturated carbocycles. The largest absolute Gasteiger partial charge is 0.329 e. The molecule has 0 aliphatic heterocycles. The van der Waals surface area contributed by atoms with Crippen molar-refractivity contribution >= 4 is 0 Å². The molecule has 0 radical (unpaired) electrons. The molecule has 2 rings (SSSR count). The molecule has 0 heterocycles. The number of nitrogens with two attached hydrogens (primary N) is 1. The van der Waals surface area contributed by atoms with Crippen molar-refractivity contribution in [2.45, 2.75) is 45.2 Å². The predicted octanol–water partition coefficient (Wildman–Crippen LogP) is 2.94. The summed E-state index contributed by atoms with van der Waals surface area (Å²) < 4.78 is 0. The van der Waals surface area contributed by atoms with Crippen molar-refractivity contribution in [1.29, 1.82) is 0 Å². The van der Waals surface area contributed by atoms with Gasteiger partial charge in [-0.15, -0.1) is 0 Å². The van der Waals surface area contributed by atoms with Gasteiger partial charge in [-0.2, -0.15) is 0 Å². The third-order valence-electron chi connectivity index (χ3n) is 4.29. The fourth-order valence-electron chi connectivity index (χ4n) is 2.61. The van der Waals surface area contributed by atoms with Gasteiger partial charge in [0.2, 0.25) is 0 Å². The Morgan fingerprint density at radius 1 is 1.39 bits per heavy atom. The van der Waals surface area contributed by atoms with Crippen LogP contribution in [0.5, 0.6) is 0 Å². The van der Waals surface area contributed by atoms with E-state index in [1.807, 2.05) is 0 Å². The summed E-state index contributed by atoms with van der Waals surface area (Å²) in [4.78, 5) is 2.43. The summed E-state index contributed by atoms with van der Waals surface area (Å²) in [6.45, 7) is 6.19. The Labute approximate surface area is 111 Å². The average molecular weight is 246 g/mol. The summed E-state index contributed by atoms with van der Waals surface area (Å²) in [6.07, 6.45) is 4.04. The SMILES string of the molecule is Cc1cccc(CN(C)C(C)(CN)CC2CC2)c1. The third kappa shape index (κ3) is 3.33. The summed E-state index contributed by atoms with van der Waals surface area (Å²) in [6, 6.07) is 8.76. The molecule has 1 fully saturated rings. The molecule has 1 unspecified atom stereocenters. The van der Waals surface area contributed by atoms with Crippen LogP contribution in [-0.4, -0.2) is 24.0 Å². The van der Waals surface area contributed by atoms with E-state index >= 15 is 0 Å². The van der Waals surface area contributed by atoms with Gasteiger partial charge in [0.1, 0.15) is 0 Å². The molecule has 1 aromatic rings. The Hall–Kier alpha value is -0.860. The number of benzene rings is 1. The fourth-order valence-corrected chi connectivity index (χ4v) is 2.61. The van der Waals surface area contributed by atoms with Crippen LogP contribution in [0.3, 0.4) is 0 Å². The molecule has 18 heavy (non-hydrogen) atoms. The van der Waals surface area contributed by atoms with Crippen LogP contribution in [0.4, 0.5) is 0 Å². The van der Waals surface area contributed by atoms with Gasteiger partial charge in [-0.3, -0.25) is 4.90 Å². The van der Waals surface area contributed by atoms with Crippen LogP contribution in [0, 0.1) is 12.8 Å². The zero-order valence-corrected chi connectivity index (χ0v) is 11.9. The summed E-state index contributed by atoms with van der Waals surface area (Å²) in [7, 11) is 2.21. The van der Waals surface area contributed by atoms with Crippen molar-refractivity contribution in [3.05, 3.63) is 35.4 Å². The van der Waals surface area contributed by atoms with E-state index in [1.54, 1.807) is 0 Å². The molecule has 0 aromatic heterocycles. The Morgan fingerprint density at radius 3 is 2.67 bits per heavy atom. The fraction of sp³-hybridized carbons (Fsp3) is 0.625. The molecule has 0 saturated heterocycles. The highest BCUT2D eigenvalue weighted by atomic mass is 15.2. The molecule has 1 atom stereocenters. The van der Waals surface area contributed by atoms with Gasteiger partial charge in [0.25, 0.3) is 0 Å². The Bertz CT molecular complexity index is 398. The van der Waals surface area contributed by atoms with Crippen LogP contribution in [0.15, 0.2) is 24.3 Å². The highest BCUT2D eigenvalue weighted by molar-refractivity contribution is 5.22. The number of hydrogen-bond acceptors (Lipinski definition) is 2. The van der Waals surface area contributed by atoms with E-state index in [0.717, 1.165) is 19.0 Å². The molecular formula is C16H26N2. The van der Waals surface area contributed by atoms with Crippen molar-refractivity contribution in [3.63, 3.8) is 0 Å². The number of hydrogen-bond donors (Lipinski definition) is 1. The Kier molecular flexibility index (Phi) is 4.08. The summed E-state index contributed by atoms with van der Waals surface area (Å²) in [5, 5.41) is 0. The van der Waals surface area contributed by atoms with E-state index < -0.39 is 0 Å². The van der Waals surface area contributed by atoms with E-state index in [-0.39, 0.29) is 5.54 Å². The highest BCUT2D eigenvalue weighted by Crippen LogP contribution is 2.38. The monoisotopic (exact) mass is 246 g/mol. The van der Waals surface area contributed by atoms with Crippen molar-refractivity contribution in [2.75, 3.05) is 13.6 Å². The van der Waals surface area contributed by atoms with Gasteiger partial charge in [-0.25, -0.2) is 0 Å². The van der Waals surface area contributed by atoms with E-state index in [9.17, 15) is 0 Å². The number of nitrogens with zero attached hydrogens (tertiary/aromatic N) is 1. The average Bonchev–Trinajstić information content (AvgIpc) is 3.12. The maximum absolute atomic E-state index is 6.03. The minimum atomic E-state index is 0.144. The second-order valence-corrected chi connectivity index (χ2v) is 6.19. The quantitative estimate of drug-likeness (QED) is 0.836. The molecule has 1 aromatic carbocycles. The smallest absolute Gasteiger partial charge is 0.0306 e. The van der Waals surface area contributed by atoms with Crippen LogP contribution in [0.1, 0.15) is 37.3 Å². The minimum absolute atomic E-state index is 0.144. The van der Waals surface area contributed by atoms with Gasteiger partial charge < -0.3 is 5.73 Å². The molecule has 1 aliphatic carbocycles. The van der Waals surface area contributed by atoms with Crippen molar-refractivity contribution in [1.82, 2.24) is 4.90 Å². The molecule has 0 bridgehead atoms. The Balaban J connectivity index is 2.02. The summed E-state index contributed by atoms with van der Waals surface area (Å²) >= 11 is 0. The van der Waals surface area contributed by atoms with Crippen molar-refractivity contribution in [3.8, 4) is 0 Å². The predicted molar refractivity (Wildman–Crippen MR) is 77.4 cm³/mol. The zero-order valence-electron chi connectivity index (χ0n) is 11.9. The minimum Gasteiger partial charge on any atom is -0.329 e. The van der Waals surface area contributed by atoms with E-state index in [0.29, 0.717) is 0 Å². The standard InChI is InChI=1S/C16H26N2/c1-13-5-4-6-15(9-13)11-18(3)16(2,12-17)10-14-7-8-14/h4-6,9,14H,7-8,10-12,17H2,1-3H3. The summed E-state index contributed by atoms with van der Waals surface area (Å²) in [5.41, 5.74) is 8.88. The molecular weight excluding hydrogens is 220 g/mol. The lowest BCUT2D eigenvalue weighted by molar-refractivity contribution is 0.119. The van der Waals surface area contributed by atoms with Crippen LogP contribution >= 0.6 is 0 Å². The first-order valence-corrected chi connectivity index (χ1v) is 7.00. The maximum atomic E-state index is 6.03. The lowest BCUT2D eigenvalue weighted by Gasteiger charge is -2.38. The lowest BCUT2D eigenvalue weighted by Crippen LogP contribution is -2.49. The van der Waals surface area contributed by atoms with Gasteiger partial charge in [-0.05, 0) is 38.8 Å². The van der Waals surface area contributed by atoms with E-state index in [4.69, 9.17) is 5.73 Å². The van der Waals surface area contributed by atoms with Gasteiger partial charge in [0, 0.05) is 18.6 Å². The number of likely N-dealkylation sites (N-methyl/N-ethyl adjacent to an activating group) is 1. The van der Waals surface area contributed by atoms with Crippen LogP contribution < -0.4 is 5.73 Å². The topological polar surface area (TPSA) is 29.3 Å². The van der Waals surface area contributed by atoms with Crippen molar-refractivity contribution < 1.29 is 0 Å². The zero-order chi connectivity index (χ0) is 13.2. The first kappa shape index (κ1) is 13.6. The van der Waals surface area contributed by atoms with Gasteiger partial charge >= 0.3 is 0 Å². The van der Waals surface area contributed by atoms with Gasteiger partial charge in [-0.1, -0.05) is 42.7 Å². The highest BCUT2D eigenvalue weighted by Gasteiger charge is 2.35. The second kappa shape index (κ2) is 5.41. The third-order valence-corrected chi connectivity index (χ3v) is 4.29. The normalized spacial score (nSPS) is 18.9. The number of rotatable bonds is 6. The van der Waals surface area contributed by atoms with E-state index in [1.165, 1.54) is 30.4 Å². The van der Waals surface area contributed by atoms with Crippen LogP contribution in [0.25, 0.3) is 0 Å². The van der Waals surface area contributed by atoms with Crippen LogP contribution in [0.2, 0.25) is 0 Å². The molecule has 0 amide bonds. The number of aryl methyl sites for hydroxylation is 1. The first-order valence-electron chi connectivity index (χ1n) is 7.00. The van der Waals surface area contributed by atoms with Crippen molar-refractivity contribution in [2.24, 2.45) is 11.7 Å². The van der Waals surface area contributed by atoms with Crippen LogP contribution in [-0.2, 0) is 6.54 Å². The van der Waals surface area contributed by atoms with Gasteiger partial charge in [0.05, 0.1) is 0 Å². The van der Waals surface area contributed by atoms with Gasteiger partial charge in [0.15, 0.2) is 0 Å². The molecule has 1 aliphatic rings. The Morgan fingerprint density at radius 2 is 2.11 bits per heavy atom. The molecule has 2 heteroatoms. The lowest BCUT2D eigenvalue weighted by atomic mass is 9.92. The molecule has 2 nitrogen and oxygen atoms in total. The second-order valence-electron chi connectivity index (χ2n) is 6.19. The molecule has 2 N–H and O–H groups in total. The molecule has 100 valence electrons. The first-order chi connectivity index (χ1) is 8.53. The maximum Gasteiger partial charge on any atom is 0.0306 e. The summed E-state index contributed by atoms with van der Waals surface area (Å²) in [5.74, 6) is 0.915.